The molecule has 0 aliphatic carbocycles. The summed E-state index contributed by atoms with van der Waals surface area (Å²) in [6, 6.07) is 14.1. The molecular weight excluding hydrogens is 421 g/mol. The quantitative estimate of drug-likeness (QED) is 0.532. The van der Waals surface area contributed by atoms with Gasteiger partial charge >= 0.3 is 0 Å². The molecule has 0 saturated carbocycles. The summed E-state index contributed by atoms with van der Waals surface area (Å²) < 4.78 is 0. The number of halogens is 2. The molecule has 30 heavy (non-hydrogen) atoms. The maximum absolute atomic E-state index is 12.4. The van der Waals surface area contributed by atoms with Gasteiger partial charge in [-0.25, -0.2) is 4.98 Å². The number of carbonyl (C=O) groups excluding carboxylic acids is 1. The molecule has 1 saturated heterocycles. The first kappa shape index (κ1) is 20.4. The highest BCUT2D eigenvalue weighted by atomic mass is 35.5. The Hall–Kier alpha value is -2.83. The third-order valence-corrected chi connectivity index (χ3v) is 5.37. The van der Waals surface area contributed by atoms with Gasteiger partial charge in [0, 0.05) is 41.2 Å². The fourth-order valence-corrected chi connectivity index (χ4v) is 3.83. The van der Waals surface area contributed by atoms with E-state index in [1.807, 2.05) is 37.3 Å². The predicted molar refractivity (Wildman–Crippen MR) is 122 cm³/mol. The highest BCUT2D eigenvalue weighted by molar-refractivity contribution is 6.37. The van der Waals surface area contributed by atoms with E-state index in [1.165, 1.54) is 12.8 Å². The van der Waals surface area contributed by atoms with E-state index in [9.17, 15) is 4.79 Å². The first-order valence-corrected chi connectivity index (χ1v) is 10.5. The Bertz CT molecular complexity index is 1070. The van der Waals surface area contributed by atoms with Crippen LogP contribution >= 0.6 is 23.2 Å². The largest absolute Gasteiger partial charge is 0.341 e. The molecule has 2 heterocycles. The van der Waals surface area contributed by atoms with Crippen LogP contribution in [-0.2, 0) is 0 Å². The van der Waals surface area contributed by atoms with E-state index in [0.717, 1.165) is 36.2 Å². The van der Waals surface area contributed by atoms with Gasteiger partial charge in [0.2, 0.25) is 5.95 Å². The molecule has 6 nitrogen and oxygen atoms in total. The monoisotopic (exact) mass is 441 g/mol. The summed E-state index contributed by atoms with van der Waals surface area (Å²) in [4.78, 5) is 23.9. The second-order valence-electron chi connectivity index (χ2n) is 7.17. The second-order valence-corrected chi connectivity index (χ2v) is 8.01. The molecule has 1 aromatic heterocycles. The number of aromatic nitrogens is 2. The lowest BCUT2D eigenvalue weighted by molar-refractivity contribution is 0.102. The van der Waals surface area contributed by atoms with Crippen molar-refractivity contribution in [2.75, 3.05) is 28.6 Å². The first-order chi connectivity index (χ1) is 14.5. The average molecular weight is 442 g/mol. The van der Waals surface area contributed by atoms with Gasteiger partial charge in [-0.15, -0.1) is 0 Å². The number of aryl methyl sites for hydroxylation is 1. The summed E-state index contributed by atoms with van der Waals surface area (Å²) in [5, 5.41) is 6.95. The molecule has 2 N–H and O–H groups in total. The lowest BCUT2D eigenvalue weighted by atomic mass is 10.2. The van der Waals surface area contributed by atoms with Crippen LogP contribution in [0.4, 0.5) is 23.1 Å². The molecular formula is C22H21Cl2N5O. The molecule has 1 amide bonds. The zero-order chi connectivity index (χ0) is 21.1. The molecule has 0 bridgehead atoms. The maximum Gasteiger partial charge on any atom is 0.257 e. The van der Waals surface area contributed by atoms with Gasteiger partial charge in [0.15, 0.2) is 0 Å². The van der Waals surface area contributed by atoms with Crippen molar-refractivity contribution in [1.82, 2.24) is 9.97 Å². The van der Waals surface area contributed by atoms with Crippen molar-refractivity contribution in [3.63, 3.8) is 0 Å². The van der Waals surface area contributed by atoms with E-state index in [4.69, 9.17) is 23.2 Å². The van der Waals surface area contributed by atoms with Crippen LogP contribution < -0.4 is 15.5 Å². The molecule has 1 aliphatic rings. The minimum absolute atomic E-state index is 0.293. The molecule has 0 unspecified atom stereocenters. The Labute approximate surface area is 185 Å². The van der Waals surface area contributed by atoms with Gasteiger partial charge in [-0.3, -0.25) is 4.79 Å². The Morgan fingerprint density at radius 3 is 2.37 bits per heavy atom. The number of hydrogen-bond donors (Lipinski definition) is 2. The lowest BCUT2D eigenvalue weighted by Gasteiger charge is -2.17. The summed E-state index contributed by atoms with van der Waals surface area (Å²) in [5.74, 6) is 1.21. The summed E-state index contributed by atoms with van der Waals surface area (Å²) in [5.41, 5.74) is 2.81. The van der Waals surface area contributed by atoms with Crippen molar-refractivity contribution < 1.29 is 4.79 Å². The summed E-state index contributed by atoms with van der Waals surface area (Å²) >= 11 is 12.0. The lowest BCUT2D eigenvalue weighted by Crippen LogP contribution is -2.21. The topological polar surface area (TPSA) is 70.2 Å². The van der Waals surface area contributed by atoms with Crippen molar-refractivity contribution in [2.24, 2.45) is 0 Å². The third-order valence-electron chi connectivity index (χ3n) is 4.82. The molecule has 1 aliphatic heterocycles. The Morgan fingerprint density at radius 2 is 1.67 bits per heavy atom. The fourth-order valence-electron chi connectivity index (χ4n) is 3.33. The SMILES string of the molecule is Cc1cc(Nc2ccc(NC(=O)c3ccc(Cl)cc3Cl)cc2)nc(N2CCCC2)n1. The van der Waals surface area contributed by atoms with Crippen LogP contribution in [0.1, 0.15) is 28.9 Å². The Balaban J connectivity index is 1.44. The van der Waals surface area contributed by atoms with Gasteiger partial charge in [-0.1, -0.05) is 23.2 Å². The van der Waals surface area contributed by atoms with E-state index in [2.05, 4.69) is 25.5 Å². The third kappa shape index (κ3) is 4.83. The fraction of sp³-hybridized carbons (Fsp3) is 0.227. The molecule has 2 aromatic carbocycles. The zero-order valence-electron chi connectivity index (χ0n) is 16.5. The van der Waals surface area contributed by atoms with E-state index in [1.54, 1.807) is 18.2 Å². The van der Waals surface area contributed by atoms with Crippen molar-refractivity contribution in [1.29, 1.82) is 0 Å². The number of hydrogen-bond acceptors (Lipinski definition) is 5. The van der Waals surface area contributed by atoms with Crippen LogP contribution in [0.3, 0.4) is 0 Å². The average Bonchev–Trinajstić information content (AvgIpc) is 3.24. The van der Waals surface area contributed by atoms with E-state index >= 15 is 0 Å². The van der Waals surface area contributed by atoms with Gasteiger partial charge < -0.3 is 15.5 Å². The van der Waals surface area contributed by atoms with Crippen molar-refractivity contribution in [2.45, 2.75) is 19.8 Å². The number of rotatable bonds is 5. The predicted octanol–water partition coefficient (Wildman–Crippen LogP) is 5.69. The minimum atomic E-state index is -0.293. The van der Waals surface area contributed by atoms with Gasteiger partial charge in [0.05, 0.1) is 10.6 Å². The highest BCUT2D eigenvalue weighted by Gasteiger charge is 2.16. The molecule has 1 fully saturated rings. The zero-order valence-corrected chi connectivity index (χ0v) is 18.0. The standard InChI is InChI=1S/C22H21Cl2N5O/c1-14-12-20(28-22(25-14)29-10-2-3-11-29)26-16-5-7-17(8-6-16)27-21(30)18-9-4-15(23)13-19(18)24/h4-9,12-13H,2-3,10-11H2,1H3,(H,27,30)(H,25,26,28). The van der Waals surface area contributed by atoms with E-state index in [-0.39, 0.29) is 5.91 Å². The number of anilines is 4. The van der Waals surface area contributed by atoms with Gasteiger partial charge in [-0.05, 0) is 62.2 Å². The van der Waals surface area contributed by atoms with Crippen molar-refractivity contribution in [3.05, 3.63) is 69.8 Å². The van der Waals surface area contributed by atoms with Gasteiger partial charge in [-0.2, -0.15) is 4.98 Å². The van der Waals surface area contributed by atoms with Gasteiger partial charge in [0.25, 0.3) is 5.91 Å². The normalized spacial score (nSPS) is 13.4. The molecule has 0 radical (unpaired) electrons. The number of nitrogens with one attached hydrogen (secondary N) is 2. The van der Waals surface area contributed by atoms with E-state index in [0.29, 0.717) is 21.3 Å². The van der Waals surface area contributed by atoms with Crippen LogP contribution in [0.5, 0.6) is 0 Å². The first-order valence-electron chi connectivity index (χ1n) is 9.72. The van der Waals surface area contributed by atoms with Crippen molar-refractivity contribution in [3.8, 4) is 0 Å². The van der Waals surface area contributed by atoms with Crippen LogP contribution in [-0.4, -0.2) is 29.0 Å². The smallest absolute Gasteiger partial charge is 0.257 e. The van der Waals surface area contributed by atoms with Crippen molar-refractivity contribution >= 4 is 52.3 Å². The molecule has 8 heteroatoms. The summed E-state index contributed by atoms with van der Waals surface area (Å²) in [7, 11) is 0. The van der Waals surface area contributed by atoms with Crippen LogP contribution in [0.15, 0.2) is 48.5 Å². The maximum atomic E-state index is 12.4. The molecule has 0 spiro atoms. The molecule has 0 atom stereocenters. The molecule has 4 rings (SSSR count). The molecule has 3 aromatic rings. The molecule has 154 valence electrons. The Morgan fingerprint density at radius 1 is 0.967 bits per heavy atom. The number of carbonyl (C=O) groups is 1. The number of benzene rings is 2. The van der Waals surface area contributed by atoms with Crippen LogP contribution in [0.2, 0.25) is 10.0 Å². The highest BCUT2D eigenvalue weighted by Crippen LogP contribution is 2.24. The van der Waals surface area contributed by atoms with Crippen LogP contribution in [0, 0.1) is 6.92 Å². The second kappa shape index (κ2) is 8.90. The van der Waals surface area contributed by atoms with E-state index < -0.39 is 0 Å². The number of nitrogens with zero attached hydrogens (tertiary/aromatic N) is 3. The minimum Gasteiger partial charge on any atom is -0.341 e. The summed E-state index contributed by atoms with van der Waals surface area (Å²) in [6.45, 7) is 3.96. The van der Waals surface area contributed by atoms with Crippen LogP contribution in [0.25, 0.3) is 0 Å². The van der Waals surface area contributed by atoms with Gasteiger partial charge in [0.1, 0.15) is 5.82 Å². The number of amides is 1. The summed E-state index contributed by atoms with van der Waals surface area (Å²) in [6.07, 6.45) is 2.35. The Kier molecular flexibility index (Phi) is 6.06.